The number of alkyl halides is 3. The molecule has 37 heavy (non-hydrogen) atoms. The zero-order valence-electron chi connectivity index (χ0n) is 19.2. The first-order valence-corrected chi connectivity index (χ1v) is 12.4. The van der Waals surface area contributed by atoms with Crippen molar-refractivity contribution in [2.45, 2.75) is 36.3 Å². The highest BCUT2D eigenvalue weighted by Gasteiger charge is 2.47. The lowest BCUT2D eigenvalue weighted by atomic mass is 10.1. The molecule has 1 atom stereocenters. The molecule has 0 spiro atoms. The van der Waals surface area contributed by atoms with Crippen molar-refractivity contribution in [3.63, 3.8) is 0 Å². The maximum Gasteiger partial charge on any atom is 0.435 e. The van der Waals surface area contributed by atoms with E-state index in [0.717, 1.165) is 19.2 Å². The van der Waals surface area contributed by atoms with Gasteiger partial charge in [0.25, 0.3) is 17.7 Å². The molecule has 0 aliphatic heterocycles. The van der Waals surface area contributed by atoms with Crippen LogP contribution >= 0.6 is 0 Å². The van der Waals surface area contributed by atoms with Crippen molar-refractivity contribution >= 4 is 21.3 Å². The summed E-state index contributed by atoms with van der Waals surface area (Å²) in [5.74, 6) is -3.76. The fourth-order valence-electron chi connectivity index (χ4n) is 3.42. The highest BCUT2D eigenvalue weighted by atomic mass is 32.2. The summed E-state index contributed by atoms with van der Waals surface area (Å²) in [6, 6.07) is 8.35. The van der Waals surface area contributed by atoms with Crippen molar-refractivity contribution in [1.29, 1.82) is 10.0 Å². The summed E-state index contributed by atoms with van der Waals surface area (Å²) < 4.78 is 80.1. The molecule has 2 aromatic heterocycles. The first kappa shape index (κ1) is 25.9. The third kappa shape index (κ3) is 5.19. The van der Waals surface area contributed by atoms with Gasteiger partial charge in [-0.1, -0.05) is 6.07 Å². The van der Waals surface area contributed by atoms with Crippen LogP contribution in [0.4, 0.5) is 23.2 Å². The number of benzene rings is 1. The van der Waals surface area contributed by atoms with E-state index in [1.807, 2.05) is 6.07 Å². The monoisotopic (exact) mass is 535 g/mol. The van der Waals surface area contributed by atoms with Crippen LogP contribution in [0.3, 0.4) is 0 Å². The maximum atomic E-state index is 14.7. The number of ether oxygens (including phenoxy) is 1. The van der Waals surface area contributed by atoms with Gasteiger partial charge in [-0.3, -0.25) is 4.79 Å². The van der Waals surface area contributed by atoms with Crippen molar-refractivity contribution < 1.29 is 31.3 Å². The minimum Gasteiger partial charge on any atom is -0.414 e. The van der Waals surface area contributed by atoms with Gasteiger partial charge in [-0.25, -0.2) is 13.4 Å². The molecule has 0 bridgehead atoms. The lowest BCUT2D eigenvalue weighted by Gasteiger charge is -2.16. The Bertz CT molecular complexity index is 1570. The van der Waals surface area contributed by atoms with Crippen LogP contribution in [-0.4, -0.2) is 36.8 Å². The van der Waals surface area contributed by atoms with Crippen LogP contribution in [-0.2, 0) is 21.3 Å². The van der Waals surface area contributed by atoms with Gasteiger partial charge in [-0.2, -0.15) is 18.4 Å². The summed E-state index contributed by atoms with van der Waals surface area (Å²) in [5, 5.41) is 25.4. The Balaban J connectivity index is 1.74. The number of amides is 1. The van der Waals surface area contributed by atoms with E-state index in [2.05, 4.69) is 25.7 Å². The Kier molecular flexibility index (Phi) is 6.32. The molecule has 192 valence electrons. The molecular weight excluding hydrogens is 518 g/mol. The van der Waals surface area contributed by atoms with Gasteiger partial charge in [0.05, 0.1) is 21.5 Å². The van der Waals surface area contributed by atoms with Crippen LogP contribution in [0.25, 0.3) is 0 Å². The number of nitriles is 1. The SMILES string of the molecule is Cc1c(C(F)(F)F)nnc(Oc2nnc(C3(C#N)CC3)cc2F)c1C(=O)Nc1cccc(S(C)(=N)=O)c1. The third-order valence-electron chi connectivity index (χ3n) is 5.59. The molecule has 1 aliphatic carbocycles. The Morgan fingerprint density at radius 3 is 2.43 bits per heavy atom. The highest BCUT2D eigenvalue weighted by Crippen LogP contribution is 2.47. The third-order valence-corrected chi connectivity index (χ3v) is 6.74. The summed E-state index contributed by atoms with van der Waals surface area (Å²) >= 11 is 0. The zero-order chi connectivity index (χ0) is 27.2. The van der Waals surface area contributed by atoms with Crippen LogP contribution in [0.5, 0.6) is 11.8 Å². The number of carbonyl (C=O) groups is 1. The van der Waals surface area contributed by atoms with Gasteiger partial charge in [-0.05, 0) is 43.5 Å². The fourth-order valence-corrected chi connectivity index (χ4v) is 4.11. The largest absolute Gasteiger partial charge is 0.435 e. The molecule has 0 radical (unpaired) electrons. The number of nitrogens with one attached hydrogen (secondary N) is 2. The fraction of sp³-hybridized carbons (Fsp3) is 0.273. The minimum absolute atomic E-state index is 0.0293. The van der Waals surface area contributed by atoms with E-state index in [4.69, 9.17) is 9.52 Å². The Hall–Kier alpha value is -4.19. The van der Waals surface area contributed by atoms with Gasteiger partial charge in [0, 0.05) is 22.9 Å². The quantitative estimate of drug-likeness (QED) is 0.441. The summed E-state index contributed by atoms with van der Waals surface area (Å²) in [6.45, 7) is 0.966. The van der Waals surface area contributed by atoms with E-state index >= 15 is 0 Å². The van der Waals surface area contributed by atoms with Gasteiger partial charge in [0.15, 0.2) is 11.5 Å². The molecule has 1 aromatic carbocycles. The standard InChI is InChI=1S/C22H17F4N7O3S/c1-11-16(18(34)29-12-4-3-5-13(8-12)37(2,28)35)20(33-31-17(11)22(24,25)26)36-19-14(23)9-15(30-32-19)21(10-27)6-7-21/h3-5,8-9,28H,6-7H2,1-2H3,(H,29,34). The number of anilines is 1. The van der Waals surface area contributed by atoms with E-state index in [9.17, 15) is 31.8 Å². The van der Waals surface area contributed by atoms with Crippen molar-refractivity contribution in [2.75, 3.05) is 11.6 Å². The summed E-state index contributed by atoms with van der Waals surface area (Å²) in [7, 11) is -3.15. The number of hydrogen-bond acceptors (Lipinski definition) is 9. The Morgan fingerprint density at radius 1 is 1.19 bits per heavy atom. The molecule has 2 N–H and O–H groups in total. The lowest BCUT2D eigenvalue weighted by molar-refractivity contribution is -0.142. The van der Waals surface area contributed by atoms with Crippen LogP contribution in [0.1, 0.15) is 40.2 Å². The molecule has 1 aliphatic rings. The van der Waals surface area contributed by atoms with Crippen molar-refractivity contribution in [2.24, 2.45) is 0 Å². The smallest absolute Gasteiger partial charge is 0.414 e. The van der Waals surface area contributed by atoms with Crippen LogP contribution < -0.4 is 10.1 Å². The van der Waals surface area contributed by atoms with Gasteiger partial charge in [-0.15, -0.1) is 20.4 Å². The molecule has 4 rings (SSSR count). The summed E-state index contributed by atoms with van der Waals surface area (Å²) in [4.78, 5) is 13.2. The number of rotatable bonds is 6. The van der Waals surface area contributed by atoms with E-state index in [1.165, 1.54) is 24.3 Å². The Morgan fingerprint density at radius 2 is 1.86 bits per heavy atom. The van der Waals surface area contributed by atoms with E-state index in [0.29, 0.717) is 12.8 Å². The van der Waals surface area contributed by atoms with Crippen LogP contribution in [0.2, 0.25) is 0 Å². The van der Waals surface area contributed by atoms with E-state index in [1.54, 1.807) is 0 Å². The van der Waals surface area contributed by atoms with Crippen molar-refractivity contribution in [3.05, 3.63) is 58.7 Å². The molecule has 10 nitrogen and oxygen atoms in total. The lowest BCUT2D eigenvalue weighted by Crippen LogP contribution is -2.21. The van der Waals surface area contributed by atoms with Gasteiger partial charge in [0.1, 0.15) is 11.0 Å². The molecule has 15 heteroatoms. The Labute approximate surface area is 207 Å². The molecule has 0 saturated heterocycles. The van der Waals surface area contributed by atoms with E-state index < -0.39 is 61.6 Å². The first-order valence-electron chi connectivity index (χ1n) is 10.5. The topological polar surface area (TPSA) is 155 Å². The number of carbonyl (C=O) groups excluding carboxylic acids is 1. The summed E-state index contributed by atoms with van der Waals surface area (Å²) in [5.41, 5.74) is -3.67. The molecule has 3 aromatic rings. The average Bonchev–Trinajstić information content (AvgIpc) is 3.60. The molecule has 1 saturated carbocycles. The summed E-state index contributed by atoms with van der Waals surface area (Å²) in [6.07, 6.45) is -2.86. The van der Waals surface area contributed by atoms with Gasteiger partial charge in [0.2, 0.25) is 0 Å². The first-order chi connectivity index (χ1) is 17.2. The average molecular weight is 535 g/mol. The second kappa shape index (κ2) is 9.04. The van der Waals surface area contributed by atoms with Gasteiger partial charge >= 0.3 is 6.18 Å². The van der Waals surface area contributed by atoms with Crippen LogP contribution in [0, 0.1) is 28.9 Å². The molecule has 1 amide bonds. The van der Waals surface area contributed by atoms with Gasteiger partial charge < -0.3 is 10.1 Å². The highest BCUT2D eigenvalue weighted by molar-refractivity contribution is 7.91. The second-order valence-corrected chi connectivity index (χ2v) is 10.5. The second-order valence-electron chi connectivity index (χ2n) is 8.36. The van der Waals surface area contributed by atoms with Crippen molar-refractivity contribution in [3.8, 4) is 17.8 Å². The zero-order valence-corrected chi connectivity index (χ0v) is 20.0. The molecule has 2 heterocycles. The van der Waals surface area contributed by atoms with E-state index in [-0.39, 0.29) is 16.3 Å². The molecule has 1 fully saturated rings. The minimum atomic E-state index is -4.97. The number of aromatic nitrogens is 4. The maximum absolute atomic E-state index is 14.7. The normalized spacial score (nSPS) is 15.8. The molecular formula is C22H17F4N7O3S. The number of halogens is 4. The predicted molar refractivity (Wildman–Crippen MR) is 120 cm³/mol. The molecule has 1 unspecified atom stereocenters. The van der Waals surface area contributed by atoms with Crippen molar-refractivity contribution in [1.82, 2.24) is 20.4 Å². The predicted octanol–water partition coefficient (Wildman–Crippen LogP) is 4.37. The number of nitrogens with zero attached hydrogens (tertiary/aromatic N) is 5. The van der Waals surface area contributed by atoms with Crippen LogP contribution in [0.15, 0.2) is 35.2 Å². The number of hydrogen-bond donors (Lipinski definition) is 2.